The lowest BCUT2D eigenvalue weighted by Gasteiger charge is -2.18. The number of nitrogens with one attached hydrogen (secondary N) is 1. The van der Waals surface area contributed by atoms with Crippen molar-refractivity contribution in [2.24, 2.45) is 22.6 Å². The molecule has 0 spiro atoms. The predicted octanol–water partition coefficient (Wildman–Crippen LogP) is 2.27. The van der Waals surface area contributed by atoms with Crippen LogP contribution in [0, 0.1) is 16.7 Å². The van der Waals surface area contributed by atoms with Crippen molar-refractivity contribution >= 4 is 0 Å². The van der Waals surface area contributed by atoms with Gasteiger partial charge in [0.25, 0.3) is 0 Å². The topological polar surface area (TPSA) is 50.9 Å². The Balaban J connectivity index is 2.27. The maximum atomic E-state index is 5.71. The Morgan fingerprint density at radius 2 is 1.94 bits per heavy atom. The average molecular weight is 219 g/mol. The second-order valence-corrected chi connectivity index (χ2v) is 5.85. The molecule has 0 aliphatic heterocycles. The van der Waals surface area contributed by atoms with Gasteiger partial charge in [0.15, 0.2) is 0 Å². The van der Waals surface area contributed by atoms with E-state index in [0.717, 1.165) is 0 Å². The van der Waals surface area contributed by atoms with Gasteiger partial charge in [0.1, 0.15) is 0 Å². The molecule has 1 aliphatic rings. The molecule has 1 unspecified atom stereocenters. The fraction of sp³-hybridized carbons (Fsp3) is 0.615. The highest BCUT2D eigenvalue weighted by molar-refractivity contribution is 5.24. The second kappa shape index (κ2) is 3.54. The number of nitrogens with zero attached hydrogens (tertiary/aromatic N) is 1. The molecule has 2 rings (SSSR count). The van der Waals surface area contributed by atoms with Crippen LogP contribution in [0.25, 0.3) is 0 Å². The molecule has 0 aromatic carbocycles. The molecule has 1 atom stereocenters. The smallest absolute Gasteiger partial charge is 0.0513 e. The minimum atomic E-state index is 0.193. The van der Waals surface area contributed by atoms with Gasteiger partial charge in [-0.2, -0.15) is 0 Å². The Labute approximate surface area is 97.4 Å². The first kappa shape index (κ1) is 11.6. The van der Waals surface area contributed by atoms with Gasteiger partial charge in [-0.25, -0.2) is 0 Å². The van der Waals surface area contributed by atoms with E-state index in [1.165, 1.54) is 5.56 Å². The van der Waals surface area contributed by atoms with Crippen LogP contribution in [0.15, 0.2) is 24.5 Å². The van der Waals surface area contributed by atoms with Gasteiger partial charge in [-0.15, -0.1) is 0 Å². The summed E-state index contributed by atoms with van der Waals surface area (Å²) in [7, 11) is 0. The van der Waals surface area contributed by atoms with Crippen LogP contribution < -0.4 is 11.3 Å². The summed E-state index contributed by atoms with van der Waals surface area (Å²) in [6.45, 7) is 9.22. The van der Waals surface area contributed by atoms with Gasteiger partial charge < -0.3 is 0 Å². The Morgan fingerprint density at radius 3 is 2.31 bits per heavy atom. The molecule has 1 aromatic rings. The lowest BCUT2D eigenvalue weighted by molar-refractivity contribution is 0.417. The Morgan fingerprint density at radius 1 is 1.31 bits per heavy atom. The normalized spacial score (nSPS) is 24.1. The Bertz CT molecular complexity index is 356. The zero-order chi connectivity index (χ0) is 12.0. The van der Waals surface area contributed by atoms with Gasteiger partial charge >= 0.3 is 0 Å². The van der Waals surface area contributed by atoms with E-state index in [1.807, 2.05) is 12.3 Å². The average Bonchev–Trinajstić information content (AvgIpc) is 2.64. The van der Waals surface area contributed by atoms with Gasteiger partial charge in [0.2, 0.25) is 0 Å². The highest BCUT2D eigenvalue weighted by atomic mass is 15.2. The van der Waals surface area contributed by atoms with Crippen LogP contribution in [0.3, 0.4) is 0 Å². The molecule has 0 saturated heterocycles. The van der Waals surface area contributed by atoms with Crippen molar-refractivity contribution in [3.05, 3.63) is 30.1 Å². The summed E-state index contributed by atoms with van der Waals surface area (Å²) >= 11 is 0. The van der Waals surface area contributed by atoms with Crippen LogP contribution >= 0.6 is 0 Å². The zero-order valence-corrected chi connectivity index (χ0v) is 10.5. The SMILES string of the molecule is CC1(C)C(C(NN)c2cccnc2)C1(C)C. The van der Waals surface area contributed by atoms with Gasteiger partial charge in [-0.05, 0) is 28.4 Å². The molecule has 0 radical (unpaired) electrons. The third-order valence-corrected chi connectivity index (χ3v) is 4.69. The first-order valence-electron chi connectivity index (χ1n) is 5.79. The highest BCUT2D eigenvalue weighted by Crippen LogP contribution is 2.72. The zero-order valence-electron chi connectivity index (χ0n) is 10.5. The van der Waals surface area contributed by atoms with Crippen molar-refractivity contribution in [1.82, 2.24) is 10.4 Å². The summed E-state index contributed by atoms with van der Waals surface area (Å²) in [4.78, 5) is 4.16. The number of rotatable bonds is 3. The number of hydrazine groups is 1. The Kier molecular flexibility index (Phi) is 2.55. The third-order valence-electron chi connectivity index (χ3n) is 4.69. The first-order chi connectivity index (χ1) is 7.43. The molecule has 1 aliphatic carbocycles. The molecule has 3 N–H and O–H groups in total. The van der Waals surface area contributed by atoms with Gasteiger partial charge in [-0.1, -0.05) is 33.8 Å². The van der Waals surface area contributed by atoms with E-state index in [2.05, 4.69) is 44.2 Å². The molecule has 1 heterocycles. The minimum Gasteiger partial charge on any atom is -0.271 e. The summed E-state index contributed by atoms with van der Waals surface area (Å²) < 4.78 is 0. The number of nitrogens with two attached hydrogens (primary N) is 1. The largest absolute Gasteiger partial charge is 0.271 e. The summed E-state index contributed by atoms with van der Waals surface area (Å²) in [5.41, 5.74) is 4.76. The molecular formula is C13H21N3. The van der Waals surface area contributed by atoms with Crippen molar-refractivity contribution in [1.29, 1.82) is 0 Å². The predicted molar refractivity (Wildman–Crippen MR) is 65.4 cm³/mol. The van der Waals surface area contributed by atoms with E-state index in [9.17, 15) is 0 Å². The number of hydrogen-bond donors (Lipinski definition) is 2. The van der Waals surface area contributed by atoms with E-state index in [4.69, 9.17) is 5.84 Å². The quantitative estimate of drug-likeness (QED) is 0.605. The van der Waals surface area contributed by atoms with Crippen molar-refractivity contribution in [2.45, 2.75) is 33.7 Å². The van der Waals surface area contributed by atoms with E-state index >= 15 is 0 Å². The lowest BCUT2D eigenvalue weighted by atomic mass is 9.99. The second-order valence-electron chi connectivity index (χ2n) is 5.85. The Hall–Kier alpha value is -0.930. The van der Waals surface area contributed by atoms with Crippen molar-refractivity contribution in [2.75, 3.05) is 0 Å². The maximum Gasteiger partial charge on any atom is 0.0513 e. The molecule has 1 aromatic heterocycles. The van der Waals surface area contributed by atoms with Crippen LogP contribution in [-0.2, 0) is 0 Å². The standard InChI is InChI=1S/C13H21N3/c1-12(2)11(13(12,3)4)10(16-14)9-6-5-7-15-8-9/h5-8,10-11,16H,14H2,1-4H3. The van der Waals surface area contributed by atoms with Crippen LogP contribution in [0.4, 0.5) is 0 Å². The van der Waals surface area contributed by atoms with Gasteiger partial charge in [-0.3, -0.25) is 16.3 Å². The molecule has 88 valence electrons. The van der Waals surface area contributed by atoms with E-state index in [0.29, 0.717) is 16.7 Å². The summed E-state index contributed by atoms with van der Waals surface area (Å²) in [5.74, 6) is 6.26. The fourth-order valence-corrected chi connectivity index (χ4v) is 3.03. The molecule has 0 amide bonds. The molecule has 3 nitrogen and oxygen atoms in total. The lowest BCUT2D eigenvalue weighted by Crippen LogP contribution is -2.31. The van der Waals surface area contributed by atoms with Crippen LogP contribution in [-0.4, -0.2) is 4.98 Å². The molecule has 0 bridgehead atoms. The monoisotopic (exact) mass is 219 g/mol. The number of hydrogen-bond acceptors (Lipinski definition) is 3. The van der Waals surface area contributed by atoms with Crippen molar-refractivity contribution in [3.63, 3.8) is 0 Å². The molecule has 1 fully saturated rings. The van der Waals surface area contributed by atoms with E-state index in [-0.39, 0.29) is 6.04 Å². The molecular weight excluding hydrogens is 198 g/mol. The summed E-state index contributed by atoms with van der Waals surface area (Å²) in [6, 6.07) is 4.24. The summed E-state index contributed by atoms with van der Waals surface area (Å²) in [6.07, 6.45) is 3.69. The van der Waals surface area contributed by atoms with Gasteiger partial charge in [0, 0.05) is 12.4 Å². The van der Waals surface area contributed by atoms with Crippen LogP contribution in [0.1, 0.15) is 39.3 Å². The molecule has 3 heteroatoms. The maximum absolute atomic E-state index is 5.71. The molecule has 16 heavy (non-hydrogen) atoms. The van der Waals surface area contributed by atoms with Crippen LogP contribution in [0.2, 0.25) is 0 Å². The third kappa shape index (κ3) is 1.46. The fourth-order valence-electron chi connectivity index (χ4n) is 3.03. The number of pyridine rings is 1. The first-order valence-corrected chi connectivity index (χ1v) is 5.79. The van der Waals surface area contributed by atoms with E-state index in [1.54, 1.807) is 6.20 Å². The van der Waals surface area contributed by atoms with E-state index < -0.39 is 0 Å². The highest BCUT2D eigenvalue weighted by Gasteiger charge is 2.67. The van der Waals surface area contributed by atoms with Crippen molar-refractivity contribution < 1.29 is 0 Å². The van der Waals surface area contributed by atoms with Crippen LogP contribution in [0.5, 0.6) is 0 Å². The minimum absolute atomic E-state index is 0.193. The number of aromatic nitrogens is 1. The molecule has 1 saturated carbocycles. The summed E-state index contributed by atoms with van der Waals surface area (Å²) in [5, 5.41) is 0. The van der Waals surface area contributed by atoms with Gasteiger partial charge in [0.05, 0.1) is 6.04 Å². The van der Waals surface area contributed by atoms with Crippen molar-refractivity contribution in [3.8, 4) is 0 Å².